The first-order valence-electron chi connectivity index (χ1n) is 8.25. The molecule has 1 atom stereocenters. The predicted molar refractivity (Wildman–Crippen MR) is 91.5 cm³/mol. The second-order valence-corrected chi connectivity index (χ2v) is 6.13. The predicted octanol–water partition coefficient (Wildman–Crippen LogP) is 2.16. The van der Waals surface area contributed by atoms with E-state index in [9.17, 15) is 0 Å². The van der Waals surface area contributed by atoms with Crippen molar-refractivity contribution in [2.24, 2.45) is 0 Å². The highest BCUT2D eigenvalue weighted by atomic mass is 16.5. The Kier molecular flexibility index (Phi) is 4.93. The molecular formula is C17H25N5O. The van der Waals surface area contributed by atoms with Crippen molar-refractivity contribution >= 4 is 5.69 Å². The van der Waals surface area contributed by atoms with E-state index >= 15 is 0 Å². The highest BCUT2D eigenvalue weighted by molar-refractivity contribution is 5.59. The third-order valence-corrected chi connectivity index (χ3v) is 4.36. The smallest absolute Gasteiger partial charge is 0.257 e. The Labute approximate surface area is 137 Å². The molecule has 6 heteroatoms. The van der Waals surface area contributed by atoms with Gasteiger partial charge < -0.3 is 14.7 Å². The molecule has 0 saturated carbocycles. The fourth-order valence-corrected chi connectivity index (χ4v) is 2.90. The van der Waals surface area contributed by atoms with Crippen LogP contribution in [0.2, 0.25) is 0 Å². The van der Waals surface area contributed by atoms with E-state index in [1.54, 1.807) is 0 Å². The van der Waals surface area contributed by atoms with Crippen molar-refractivity contribution in [2.75, 3.05) is 45.2 Å². The molecule has 23 heavy (non-hydrogen) atoms. The first kappa shape index (κ1) is 16.0. The van der Waals surface area contributed by atoms with Gasteiger partial charge in [-0.25, -0.2) is 0 Å². The van der Waals surface area contributed by atoms with E-state index in [0.29, 0.717) is 5.89 Å². The maximum Gasteiger partial charge on any atom is 0.257 e. The molecule has 1 aliphatic rings. The zero-order valence-electron chi connectivity index (χ0n) is 14.1. The summed E-state index contributed by atoms with van der Waals surface area (Å²) in [5, 5.41) is 7.55. The average Bonchev–Trinajstić information content (AvgIpc) is 3.05. The van der Waals surface area contributed by atoms with Crippen LogP contribution in [0.3, 0.4) is 0 Å². The van der Waals surface area contributed by atoms with Crippen molar-refractivity contribution < 1.29 is 4.52 Å². The molecular weight excluding hydrogens is 290 g/mol. The second kappa shape index (κ2) is 7.10. The van der Waals surface area contributed by atoms with E-state index in [4.69, 9.17) is 4.52 Å². The lowest BCUT2D eigenvalue weighted by atomic mass is 10.2. The number of hydrogen-bond acceptors (Lipinski definition) is 6. The van der Waals surface area contributed by atoms with Crippen LogP contribution in [0.25, 0.3) is 11.5 Å². The van der Waals surface area contributed by atoms with Crippen LogP contribution < -0.4 is 10.2 Å². The van der Waals surface area contributed by atoms with E-state index in [2.05, 4.69) is 58.4 Å². The summed E-state index contributed by atoms with van der Waals surface area (Å²) in [6, 6.07) is 8.46. The molecule has 3 rings (SSSR count). The molecule has 1 aromatic carbocycles. The SMILES string of the molecule is CCCN(C)c1ccc(-c2nc(C3CNCCN3C)no2)cc1. The standard InChI is InChI=1S/C17H25N5O/c1-4-10-21(2)14-7-5-13(6-8-14)17-19-16(20-23-17)15-12-18-9-11-22(15)3/h5-8,15,18H,4,9-12H2,1-3H3. The van der Waals surface area contributed by atoms with Gasteiger partial charge in [0.15, 0.2) is 5.82 Å². The third-order valence-electron chi connectivity index (χ3n) is 4.36. The van der Waals surface area contributed by atoms with E-state index in [1.807, 2.05) is 12.1 Å². The van der Waals surface area contributed by atoms with Crippen LogP contribution in [-0.4, -0.2) is 55.3 Å². The van der Waals surface area contributed by atoms with Gasteiger partial charge in [-0.2, -0.15) is 4.98 Å². The van der Waals surface area contributed by atoms with Crippen LogP contribution in [0.4, 0.5) is 5.69 Å². The van der Waals surface area contributed by atoms with Crippen LogP contribution in [-0.2, 0) is 0 Å². The summed E-state index contributed by atoms with van der Waals surface area (Å²) in [6.07, 6.45) is 1.13. The van der Waals surface area contributed by atoms with Gasteiger partial charge >= 0.3 is 0 Å². The molecule has 0 amide bonds. The molecule has 6 nitrogen and oxygen atoms in total. The van der Waals surface area contributed by atoms with Crippen molar-refractivity contribution in [1.82, 2.24) is 20.4 Å². The maximum absolute atomic E-state index is 5.47. The lowest BCUT2D eigenvalue weighted by molar-refractivity contribution is 0.190. The number of anilines is 1. The van der Waals surface area contributed by atoms with Crippen LogP contribution in [0, 0.1) is 0 Å². The lowest BCUT2D eigenvalue weighted by Crippen LogP contribution is -2.44. The molecule has 1 aromatic heterocycles. The van der Waals surface area contributed by atoms with Crippen LogP contribution in [0.15, 0.2) is 28.8 Å². The summed E-state index contributed by atoms with van der Waals surface area (Å²) in [5.41, 5.74) is 2.16. The summed E-state index contributed by atoms with van der Waals surface area (Å²) >= 11 is 0. The van der Waals surface area contributed by atoms with Crippen molar-refractivity contribution in [3.63, 3.8) is 0 Å². The van der Waals surface area contributed by atoms with Gasteiger partial charge in [0.1, 0.15) is 0 Å². The summed E-state index contributed by atoms with van der Waals surface area (Å²) in [4.78, 5) is 9.09. The summed E-state index contributed by atoms with van der Waals surface area (Å²) < 4.78 is 5.47. The minimum atomic E-state index is 0.177. The van der Waals surface area contributed by atoms with Gasteiger partial charge in [-0.05, 0) is 37.7 Å². The van der Waals surface area contributed by atoms with Gasteiger partial charge in [-0.15, -0.1) is 0 Å². The van der Waals surface area contributed by atoms with E-state index in [0.717, 1.165) is 44.0 Å². The number of piperazine rings is 1. The topological polar surface area (TPSA) is 57.4 Å². The monoisotopic (exact) mass is 315 g/mol. The van der Waals surface area contributed by atoms with Crippen LogP contribution in [0.5, 0.6) is 0 Å². The molecule has 2 aromatic rings. The lowest BCUT2D eigenvalue weighted by Gasteiger charge is -2.30. The zero-order chi connectivity index (χ0) is 16.2. The molecule has 0 bridgehead atoms. The molecule has 2 heterocycles. The van der Waals surface area contributed by atoms with Crippen LogP contribution >= 0.6 is 0 Å². The number of nitrogens with zero attached hydrogens (tertiary/aromatic N) is 4. The molecule has 0 spiro atoms. The Morgan fingerprint density at radius 2 is 2.13 bits per heavy atom. The van der Waals surface area contributed by atoms with Crippen molar-refractivity contribution in [3.05, 3.63) is 30.1 Å². The maximum atomic E-state index is 5.47. The molecule has 1 fully saturated rings. The van der Waals surface area contributed by atoms with Gasteiger partial charge in [0, 0.05) is 44.5 Å². The highest BCUT2D eigenvalue weighted by Gasteiger charge is 2.25. The van der Waals surface area contributed by atoms with E-state index in [1.165, 1.54) is 5.69 Å². The summed E-state index contributed by atoms with van der Waals surface area (Å²) in [5.74, 6) is 1.34. The quantitative estimate of drug-likeness (QED) is 0.912. The van der Waals surface area contributed by atoms with Crippen LogP contribution in [0.1, 0.15) is 25.2 Å². The highest BCUT2D eigenvalue weighted by Crippen LogP contribution is 2.24. The number of nitrogens with one attached hydrogen (secondary N) is 1. The molecule has 1 N–H and O–H groups in total. The van der Waals surface area contributed by atoms with Gasteiger partial charge in [0.25, 0.3) is 5.89 Å². The molecule has 0 radical (unpaired) electrons. The normalized spacial score (nSPS) is 19.0. The Balaban J connectivity index is 1.75. The van der Waals surface area contributed by atoms with Gasteiger partial charge in [0.05, 0.1) is 6.04 Å². The van der Waals surface area contributed by atoms with Crippen molar-refractivity contribution in [2.45, 2.75) is 19.4 Å². The minimum absolute atomic E-state index is 0.177. The summed E-state index contributed by atoms with van der Waals surface area (Å²) in [7, 11) is 4.20. The molecule has 1 aliphatic heterocycles. The Morgan fingerprint density at radius 3 is 2.83 bits per heavy atom. The van der Waals surface area contributed by atoms with Gasteiger partial charge in [0.2, 0.25) is 0 Å². The van der Waals surface area contributed by atoms with Gasteiger partial charge in [-0.3, -0.25) is 4.90 Å². The number of benzene rings is 1. The molecule has 124 valence electrons. The summed E-state index contributed by atoms with van der Waals surface area (Å²) in [6.45, 7) is 6.08. The van der Waals surface area contributed by atoms with Gasteiger partial charge in [-0.1, -0.05) is 12.1 Å². The number of aromatic nitrogens is 2. The second-order valence-electron chi connectivity index (χ2n) is 6.13. The number of hydrogen-bond donors (Lipinski definition) is 1. The minimum Gasteiger partial charge on any atom is -0.375 e. The fourth-order valence-electron chi connectivity index (χ4n) is 2.90. The number of rotatable bonds is 5. The first-order chi connectivity index (χ1) is 11.2. The molecule has 1 unspecified atom stereocenters. The Hall–Kier alpha value is -1.92. The van der Waals surface area contributed by atoms with Crippen molar-refractivity contribution in [1.29, 1.82) is 0 Å². The fraction of sp³-hybridized carbons (Fsp3) is 0.529. The van der Waals surface area contributed by atoms with Crippen molar-refractivity contribution in [3.8, 4) is 11.5 Å². The number of likely N-dealkylation sites (N-methyl/N-ethyl adjacent to an activating group) is 1. The first-order valence-corrected chi connectivity index (χ1v) is 8.25. The van der Waals surface area contributed by atoms with E-state index < -0.39 is 0 Å². The largest absolute Gasteiger partial charge is 0.375 e. The zero-order valence-corrected chi connectivity index (χ0v) is 14.1. The molecule has 0 aliphatic carbocycles. The molecule has 1 saturated heterocycles. The van der Waals surface area contributed by atoms with E-state index in [-0.39, 0.29) is 6.04 Å². The third kappa shape index (κ3) is 3.54. The Bertz CT molecular complexity index is 624. The Morgan fingerprint density at radius 1 is 1.35 bits per heavy atom. The average molecular weight is 315 g/mol.